The van der Waals surface area contributed by atoms with E-state index >= 15 is 0 Å². The maximum atomic E-state index is 12.8. The van der Waals surface area contributed by atoms with Crippen LogP contribution in [0, 0.1) is 6.92 Å². The third-order valence-electron chi connectivity index (χ3n) is 4.65. The van der Waals surface area contributed by atoms with Crippen LogP contribution in [0.25, 0.3) is 10.9 Å². The molecule has 2 heterocycles. The van der Waals surface area contributed by atoms with Gasteiger partial charge in [0.2, 0.25) is 0 Å². The number of aromatic nitrogens is 2. The molecule has 0 bridgehead atoms. The first-order valence-corrected chi connectivity index (χ1v) is 10.1. The summed E-state index contributed by atoms with van der Waals surface area (Å²) in [5.74, 6) is 0. The molecule has 0 spiro atoms. The van der Waals surface area contributed by atoms with Gasteiger partial charge in [0.25, 0.3) is 0 Å². The average molecular weight is 433 g/mol. The van der Waals surface area contributed by atoms with Crippen molar-refractivity contribution < 1.29 is 13.2 Å². The molecule has 0 N–H and O–H groups in total. The third-order valence-corrected chi connectivity index (χ3v) is 6.11. The molecule has 2 nitrogen and oxygen atoms in total. The van der Waals surface area contributed by atoms with E-state index in [2.05, 4.69) is 9.55 Å². The predicted molar refractivity (Wildman–Crippen MR) is 111 cm³/mol. The van der Waals surface area contributed by atoms with Crippen molar-refractivity contribution in [3.8, 4) is 0 Å². The molecule has 0 aliphatic heterocycles. The minimum atomic E-state index is -4.44. The molecule has 4 rings (SSSR count). The summed E-state index contributed by atoms with van der Waals surface area (Å²) in [6.45, 7) is 2.42. The first-order chi connectivity index (χ1) is 13.8. The smallest absolute Gasteiger partial charge is 0.339 e. The number of pyridine rings is 1. The van der Waals surface area contributed by atoms with Crippen LogP contribution in [-0.2, 0) is 12.7 Å². The fourth-order valence-corrected chi connectivity index (χ4v) is 4.46. The molecule has 2 aromatic heterocycles. The maximum Gasteiger partial charge on any atom is 0.433 e. The lowest BCUT2D eigenvalue weighted by Crippen LogP contribution is -2.09. The zero-order valence-corrected chi connectivity index (χ0v) is 16.9. The van der Waals surface area contributed by atoms with E-state index in [9.17, 15) is 13.2 Å². The van der Waals surface area contributed by atoms with Crippen molar-refractivity contribution >= 4 is 34.3 Å². The van der Waals surface area contributed by atoms with E-state index in [0.717, 1.165) is 32.5 Å². The SMILES string of the molecule is Cc1c(Sc2ccccc2)c2ccc(Cl)cc2n1Cc1ccc(C(F)(F)F)nc1. The second-order valence-electron chi connectivity index (χ2n) is 6.63. The summed E-state index contributed by atoms with van der Waals surface area (Å²) in [4.78, 5) is 5.79. The number of hydrogen-bond acceptors (Lipinski definition) is 2. The van der Waals surface area contributed by atoms with Gasteiger partial charge in [0.1, 0.15) is 5.69 Å². The zero-order chi connectivity index (χ0) is 20.6. The maximum absolute atomic E-state index is 12.8. The van der Waals surface area contributed by atoms with Gasteiger partial charge in [-0.1, -0.05) is 53.7 Å². The highest BCUT2D eigenvalue weighted by Gasteiger charge is 2.32. The molecule has 0 fully saturated rings. The van der Waals surface area contributed by atoms with Gasteiger partial charge >= 0.3 is 6.18 Å². The topological polar surface area (TPSA) is 17.8 Å². The Morgan fingerprint density at radius 2 is 1.79 bits per heavy atom. The number of alkyl halides is 3. The van der Waals surface area contributed by atoms with Gasteiger partial charge in [-0.3, -0.25) is 4.98 Å². The molecule has 7 heteroatoms. The Morgan fingerprint density at radius 3 is 2.45 bits per heavy atom. The Balaban J connectivity index is 1.76. The molecule has 29 heavy (non-hydrogen) atoms. The Bertz CT molecular complexity index is 1150. The molecule has 0 saturated heterocycles. The van der Waals surface area contributed by atoms with E-state index in [1.54, 1.807) is 11.8 Å². The minimum absolute atomic E-state index is 0.406. The molecule has 0 radical (unpaired) electrons. The average Bonchev–Trinajstić information content (AvgIpc) is 2.94. The van der Waals surface area contributed by atoms with Gasteiger partial charge in [-0.2, -0.15) is 13.2 Å². The molecular formula is C22H16ClF3N2S. The number of halogens is 4. The van der Waals surface area contributed by atoms with Gasteiger partial charge in [-0.15, -0.1) is 0 Å². The van der Waals surface area contributed by atoms with Crippen molar-refractivity contribution in [2.24, 2.45) is 0 Å². The van der Waals surface area contributed by atoms with Gasteiger partial charge in [-0.25, -0.2) is 0 Å². The fraction of sp³-hybridized carbons (Fsp3) is 0.136. The van der Waals surface area contributed by atoms with Crippen LogP contribution in [0.5, 0.6) is 0 Å². The van der Waals surface area contributed by atoms with E-state index in [1.165, 1.54) is 12.3 Å². The van der Waals surface area contributed by atoms with Crippen molar-refractivity contribution in [1.82, 2.24) is 9.55 Å². The van der Waals surface area contributed by atoms with E-state index < -0.39 is 11.9 Å². The quantitative estimate of drug-likeness (QED) is 0.339. The summed E-state index contributed by atoms with van der Waals surface area (Å²) in [6, 6.07) is 18.2. The predicted octanol–water partition coefficient (Wildman–Crippen LogP) is 7.22. The number of fused-ring (bicyclic) bond motifs is 1. The van der Waals surface area contributed by atoms with Crippen molar-refractivity contribution in [3.05, 3.63) is 88.8 Å². The summed E-state index contributed by atoms with van der Waals surface area (Å²) < 4.78 is 40.4. The molecule has 0 aliphatic rings. The van der Waals surface area contributed by atoms with Crippen molar-refractivity contribution in [2.45, 2.75) is 29.4 Å². The second-order valence-corrected chi connectivity index (χ2v) is 8.15. The van der Waals surface area contributed by atoms with E-state index in [0.29, 0.717) is 17.1 Å². The highest BCUT2D eigenvalue weighted by molar-refractivity contribution is 7.99. The normalized spacial score (nSPS) is 11.9. The first kappa shape index (κ1) is 19.9. The first-order valence-electron chi connectivity index (χ1n) is 8.86. The van der Waals surface area contributed by atoms with Crippen LogP contribution >= 0.6 is 23.4 Å². The van der Waals surface area contributed by atoms with Crippen molar-refractivity contribution in [1.29, 1.82) is 0 Å². The molecule has 0 saturated carbocycles. The molecule has 4 aromatic rings. The summed E-state index contributed by atoms with van der Waals surface area (Å²) in [5.41, 5.74) is 1.76. The fourth-order valence-electron chi connectivity index (χ4n) is 3.23. The van der Waals surface area contributed by atoms with Gasteiger partial charge in [0.15, 0.2) is 0 Å². The van der Waals surface area contributed by atoms with Crippen LogP contribution in [0.2, 0.25) is 5.02 Å². The highest BCUT2D eigenvalue weighted by atomic mass is 35.5. The highest BCUT2D eigenvalue weighted by Crippen LogP contribution is 2.39. The Kier molecular flexibility index (Phi) is 5.32. The molecular weight excluding hydrogens is 417 g/mol. The minimum Gasteiger partial charge on any atom is -0.339 e. The largest absolute Gasteiger partial charge is 0.433 e. The molecule has 0 amide bonds. The van der Waals surface area contributed by atoms with Gasteiger partial charge < -0.3 is 4.57 Å². The number of rotatable bonds is 4. The Labute approximate surface area is 175 Å². The van der Waals surface area contributed by atoms with Crippen LogP contribution in [0.1, 0.15) is 17.0 Å². The Hall–Kier alpha value is -2.44. The molecule has 2 aromatic carbocycles. The van der Waals surface area contributed by atoms with Gasteiger partial charge in [0, 0.05) is 38.6 Å². The van der Waals surface area contributed by atoms with Crippen LogP contribution < -0.4 is 0 Å². The summed E-state index contributed by atoms with van der Waals surface area (Å²) in [5, 5.41) is 1.67. The lowest BCUT2D eigenvalue weighted by Gasteiger charge is -2.10. The second kappa shape index (κ2) is 7.76. The number of nitrogens with zero attached hydrogens (tertiary/aromatic N) is 2. The van der Waals surface area contributed by atoms with E-state index in [1.807, 2.05) is 55.5 Å². The monoisotopic (exact) mass is 432 g/mol. The van der Waals surface area contributed by atoms with Gasteiger partial charge in [-0.05, 0) is 42.8 Å². The van der Waals surface area contributed by atoms with Crippen LogP contribution in [0.4, 0.5) is 13.2 Å². The van der Waals surface area contributed by atoms with Crippen LogP contribution in [-0.4, -0.2) is 9.55 Å². The van der Waals surface area contributed by atoms with E-state index in [-0.39, 0.29) is 0 Å². The number of benzene rings is 2. The lowest BCUT2D eigenvalue weighted by atomic mass is 10.2. The zero-order valence-electron chi connectivity index (χ0n) is 15.4. The Morgan fingerprint density at radius 1 is 1.03 bits per heavy atom. The summed E-state index contributed by atoms with van der Waals surface area (Å²) in [6.07, 6.45) is -3.16. The summed E-state index contributed by atoms with van der Waals surface area (Å²) >= 11 is 7.89. The third kappa shape index (κ3) is 4.14. The lowest BCUT2D eigenvalue weighted by molar-refractivity contribution is -0.141. The molecule has 148 valence electrons. The van der Waals surface area contributed by atoms with Crippen LogP contribution in [0.15, 0.2) is 76.7 Å². The summed E-state index contributed by atoms with van der Waals surface area (Å²) in [7, 11) is 0. The number of hydrogen-bond donors (Lipinski definition) is 0. The molecule has 0 atom stereocenters. The van der Waals surface area contributed by atoms with E-state index in [4.69, 9.17) is 11.6 Å². The van der Waals surface area contributed by atoms with Gasteiger partial charge in [0.05, 0.1) is 5.52 Å². The standard InChI is InChI=1S/C22H16ClF3N2S/c1-14-21(29-17-5-3-2-4-6-17)18-9-8-16(23)11-19(18)28(14)13-15-7-10-20(27-12-15)22(24,25)26/h2-12H,13H2,1H3. The van der Waals surface area contributed by atoms with Crippen molar-refractivity contribution in [2.75, 3.05) is 0 Å². The molecule has 0 unspecified atom stereocenters. The van der Waals surface area contributed by atoms with Crippen LogP contribution in [0.3, 0.4) is 0 Å². The van der Waals surface area contributed by atoms with Crippen molar-refractivity contribution in [3.63, 3.8) is 0 Å². The molecule has 0 aliphatic carbocycles.